The monoisotopic (exact) mass is 325 g/mol. The Bertz CT molecular complexity index is 679. The summed E-state index contributed by atoms with van der Waals surface area (Å²) in [6, 6.07) is 16.3. The van der Waals surface area contributed by atoms with Gasteiger partial charge in [0.05, 0.1) is 18.8 Å². The van der Waals surface area contributed by atoms with Crippen LogP contribution in [-0.2, 0) is 4.74 Å². The first-order chi connectivity index (χ1) is 11.7. The van der Waals surface area contributed by atoms with Crippen molar-refractivity contribution in [2.24, 2.45) is 0 Å². The highest BCUT2D eigenvalue weighted by atomic mass is 16.5. The van der Waals surface area contributed by atoms with E-state index in [1.807, 2.05) is 43.4 Å². The van der Waals surface area contributed by atoms with Crippen molar-refractivity contribution in [3.8, 4) is 0 Å². The average molecular weight is 325 g/mol. The molecule has 4 nitrogen and oxygen atoms in total. The Morgan fingerprint density at radius 1 is 1.04 bits per heavy atom. The van der Waals surface area contributed by atoms with Crippen LogP contribution in [0.25, 0.3) is 12.2 Å². The van der Waals surface area contributed by atoms with Crippen LogP contribution in [0.2, 0.25) is 0 Å². The number of hydrogen-bond donors (Lipinski definition) is 3. The van der Waals surface area contributed by atoms with Crippen molar-refractivity contribution in [1.82, 2.24) is 0 Å². The van der Waals surface area contributed by atoms with Crippen molar-refractivity contribution in [2.75, 3.05) is 19.0 Å². The van der Waals surface area contributed by atoms with E-state index in [9.17, 15) is 5.11 Å². The normalized spacial score (nSPS) is 23.7. The van der Waals surface area contributed by atoms with Crippen LogP contribution >= 0.6 is 0 Å². The molecule has 1 saturated heterocycles. The second-order valence-corrected chi connectivity index (χ2v) is 6.02. The summed E-state index contributed by atoms with van der Waals surface area (Å²) in [6.07, 6.45) is 3.45. The lowest BCUT2D eigenvalue weighted by molar-refractivity contribution is -0.0225. The van der Waals surface area contributed by atoms with Gasteiger partial charge in [-0.15, -0.1) is 0 Å². The molecule has 0 aliphatic carbocycles. The van der Waals surface area contributed by atoms with Gasteiger partial charge >= 0.3 is 0 Å². The van der Waals surface area contributed by atoms with Crippen LogP contribution in [-0.4, -0.2) is 36.1 Å². The molecule has 1 aliphatic heterocycles. The lowest BCUT2D eigenvalue weighted by Gasteiger charge is -2.12. The van der Waals surface area contributed by atoms with Crippen LogP contribution < -0.4 is 5.32 Å². The van der Waals surface area contributed by atoms with Gasteiger partial charge in [-0.3, -0.25) is 0 Å². The number of ether oxygens (including phenoxy) is 1. The zero-order chi connectivity index (χ0) is 16.9. The number of hydrogen-bond acceptors (Lipinski definition) is 4. The van der Waals surface area contributed by atoms with Crippen molar-refractivity contribution in [2.45, 2.75) is 24.7 Å². The average Bonchev–Trinajstić information content (AvgIpc) is 3.01. The molecule has 0 bridgehead atoms. The van der Waals surface area contributed by atoms with Gasteiger partial charge in [-0.25, -0.2) is 0 Å². The number of benzene rings is 2. The van der Waals surface area contributed by atoms with Gasteiger partial charge in [0, 0.05) is 19.2 Å². The summed E-state index contributed by atoms with van der Waals surface area (Å²) in [7, 11) is 1.90. The first-order valence-electron chi connectivity index (χ1n) is 8.20. The number of rotatable bonds is 5. The highest BCUT2D eigenvalue weighted by molar-refractivity contribution is 5.70. The topological polar surface area (TPSA) is 61.7 Å². The minimum Gasteiger partial charge on any atom is -0.394 e. The van der Waals surface area contributed by atoms with E-state index in [0.717, 1.165) is 22.4 Å². The Hall–Kier alpha value is -2.14. The molecule has 2 aromatic carbocycles. The van der Waals surface area contributed by atoms with Crippen LogP contribution in [0.3, 0.4) is 0 Å². The van der Waals surface area contributed by atoms with E-state index in [1.165, 1.54) is 0 Å². The molecule has 1 aliphatic rings. The van der Waals surface area contributed by atoms with Gasteiger partial charge in [0.15, 0.2) is 0 Å². The molecule has 2 aromatic rings. The van der Waals surface area contributed by atoms with Gasteiger partial charge in [-0.05, 0) is 28.8 Å². The predicted octanol–water partition coefficient (Wildman–Crippen LogP) is 3.08. The van der Waals surface area contributed by atoms with E-state index < -0.39 is 12.2 Å². The van der Waals surface area contributed by atoms with Gasteiger partial charge in [0.1, 0.15) is 6.10 Å². The highest BCUT2D eigenvalue weighted by Gasteiger charge is 2.33. The number of nitrogens with one attached hydrogen (secondary N) is 1. The molecule has 0 amide bonds. The molecular weight excluding hydrogens is 302 g/mol. The Labute approximate surface area is 142 Å². The van der Waals surface area contributed by atoms with Crippen LogP contribution in [0.15, 0.2) is 48.5 Å². The molecule has 4 heteroatoms. The van der Waals surface area contributed by atoms with E-state index >= 15 is 0 Å². The molecule has 0 aromatic heterocycles. The van der Waals surface area contributed by atoms with Crippen molar-refractivity contribution in [1.29, 1.82) is 0 Å². The minimum atomic E-state index is -0.597. The fourth-order valence-electron chi connectivity index (χ4n) is 2.88. The summed E-state index contributed by atoms with van der Waals surface area (Å²) in [4.78, 5) is 0. The summed E-state index contributed by atoms with van der Waals surface area (Å²) < 4.78 is 5.68. The third-order valence-electron chi connectivity index (χ3n) is 4.38. The molecule has 0 saturated carbocycles. The van der Waals surface area contributed by atoms with Crippen LogP contribution in [0, 0.1) is 0 Å². The van der Waals surface area contributed by atoms with Gasteiger partial charge in [0.25, 0.3) is 0 Å². The summed E-state index contributed by atoms with van der Waals surface area (Å²) in [6.45, 7) is -0.148. The van der Waals surface area contributed by atoms with E-state index in [4.69, 9.17) is 9.84 Å². The number of aliphatic hydroxyl groups excluding tert-OH is 2. The smallest absolute Gasteiger partial charge is 0.107 e. The van der Waals surface area contributed by atoms with Crippen LogP contribution in [0.4, 0.5) is 5.69 Å². The lowest BCUT2D eigenvalue weighted by Crippen LogP contribution is -2.24. The van der Waals surface area contributed by atoms with Crippen LogP contribution in [0.1, 0.15) is 29.2 Å². The Kier molecular flexibility index (Phi) is 5.30. The van der Waals surface area contributed by atoms with Gasteiger partial charge in [-0.2, -0.15) is 0 Å². The lowest BCUT2D eigenvalue weighted by atomic mass is 10.0. The Morgan fingerprint density at radius 3 is 2.12 bits per heavy atom. The van der Waals surface area contributed by atoms with E-state index in [1.54, 1.807) is 0 Å². The molecule has 0 spiro atoms. The fourth-order valence-corrected chi connectivity index (χ4v) is 2.88. The maximum absolute atomic E-state index is 9.82. The van der Waals surface area contributed by atoms with Crippen LogP contribution in [0.5, 0.6) is 0 Å². The standard InChI is InChI=1S/C20H23NO3/c1-21-17-10-6-15(7-11-17)3-2-14-4-8-16(9-5-14)19-12-18(23)20(13-22)24-19/h2-11,18-23H,12-13H2,1H3. The SMILES string of the molecule is CNc1ccc(C=Cc2ccc(C3CC(O)C(CO)O3)cc2)cc1. The molecule has 1 fully saturated rings. The molecule has 0 radical (unpaired) electrons. The third kappa shape index (κ3) is 3.85. The predicted molar refractivity (Wildman–Crippen MR) is 96.7 cm³/mol. The van der Waals surface area contributed by atoms with Crippen molar-refractivity contribution in [3.05, 3.63) is 65.2 Å². The Morgan fingerprint density at radius 2 is 1.62 bits per heavy atom. The minimum absolute atomic E-state index is 0.148. The third-order valence-corrected chi connectivity index (χ3v) is 4.38. The van der Waals surface area contributed by atoms with E-state index in [0.29, 0.717) is 6.42 Å². The van der Waals surface area contributed by atoms with Crippen molar-refractivity contribution in [3.63, 3.8) is 0 Å². The molecular formula is C20H23NO3. The fraction of sp³-hybridized carbons (Fsp3) is 0.300. The van der Waals surface area contributed by atoms with Gasteiger partial charge in [-0.1, -0.05) is 48.6 Å². The number of aliphatic hydroxyl groups is 2. The molecule has 3 rings (SSSR count). The maximum Gasteiger partial charge on any atom is 0.107 e. The van der Waals surface area contributed by atoms with E-state index in [2.05, 4.69) is 29.6 Å². The molecule has 126 valence electrons. The molecule has 24 heavy (non-hydrogen) atoms. The first-order valence-corrected chi connectivity index (χ1v) is 8.20. The van der Waals surface area contributed by atoms with Crippen molar-refractivity contribution >= 4 is 17.8 Å². The summed E-state index contributed by atoms with van der Waals surface area (Å²) in [5.74, 6) is 0. The van der Waals surface area contributed by atoms with Crippen molar-refractivity contribution < 1.29 is 14.9 Å². The molecule has 3 atom stereocenters. The van der Waals surface area contributed by atoms with E-state index in [-0.39, 0.29) is 12.7 Å². The molecule has 1 heterocycles. The van der Waals surface area contributed by atoms with Gasteiger partial charge < -0.3 is 20.3 Å². The molecule has 3 N–H and O–H groups in total. The zero-order valence-corrected chi connectivity index (χ0v) is 13.7. The number of anilines is 1. The summed E-state index contributed by atoms with van der Waals surface area (Å²) >= 11 is 0. The maximum atomic E-state index is 9.82. The highest BCUT2D eigenvalue weighted by Crippen LogP contribution is 2.33. The summed E-state index contributed by atoms with van der Waals surface area (Å²) in [5, 5.41) is 22.1. The quantitative estimate of drug-likeness (QED) is 0.739. The second-order valence-electron chi connectivity index (χ2n) is 6.02. The van der Waals surface area contributed by atoms with Gasteiger partial charge in [0.2, 0.25) is 0 Å². The first kappa shape index (κ1) is 16.7. The summed E-state index contributed by atoms with van der Waals surface area (Å²) in [5.41, 5.74) is 4.37. The molecule has 3 unspecified atom stereocenters. The zero-order valence-electron chi connectivity index (χ0n) is 13.7. The largest absolute Gasteiger partial charge is 0.394 e. The second kappa shape index (κ2) is 7.62. The Balaban J connectivity index is 1.65.